The van der Waals surface area contributed by atoms with Gasteiger partial charge in [-0.3, -0.25) is 24.4 Å². The third-order valence-corrected chi connectivity index (χ3v) is 7.08. The Hall–Kier alpha value is -2.87. The molecule has 8 heteroatoms. The molecular weight excluding hydrogens is 416 g/mol. The Bertz CT molecular complexity index is 1020. The second-order valence-corrected chi connectivity index (χ2v) is 9.35. The number of pyridine rings is 1. The smallest absolute Gasteiger partial charge is 0.237 e. The fourth-order valence-electron chi connectivity index (χ4n) is 5.29. The molecule has 0 N–H and O–H groups in total. The predicted molar refractivity (Wildman–Crippen MR) is 124 cm³/mol. The Morgan fingerprint density at radius 3 is 2.67 bits per heavy atom. The van der Waals surface area contributed by atoms with E-state index in [9.17, 15) is 9.59 Å². The van der Waals surface area contributed by atoms with Crippen LogP contribution in [0.2, 0.25) is 0 Å². The van der Waals surface area contributed by atoms with Gasteiger partial charge >= 0.3 is 0 Å². The lowest BCUT2D eigenvalue weighted by molar-refractivity contribution is -0.136. The van der Waals surface area contributed by atoms with Gasteiger partial charge in [0.1, 0.15) is 5.82 Å². The molecular formula is C25H32N6O2. The number of likely N-dealkylation sites (tertiary alicyclic amines) is 2. The predicted octanol–water partition coefficient (Wildman–Crippen LogP) is 2.81. The van der Waals surface area contributed by atoms with Crippen LogP contribution in [0.4, 0.5) is 5.82 Å². The van der Waals surface area contributed by atoms with Crippen molar-refractivity contribution in [3.63, 3.8) is 0 Å². The van der Waals surface area contributed by atoms with E-state index in [0.29, 0.717) is 37.6 Å². The van der Waals surface area contributed by atoms with Crippen molar-refractivity contribution in [2.45, 2.75) is 64.5 Å². The lowest BCUT2D eigenvalue weighted by Crippen LogP contribution is -2.44. The highest BCUT2D eigenvalue weighted by Gasteiger charge is 2.34. The van der Waals surface area contributed by atoms with E-state index < -0.39 is 0 Å². The van der Waals surface area contributed by atoms with Crippen LogP contribution in [0.1, 0.15) is 67.3 Å². The third-order valence-electron chi connectivity index (χ3n) is 7.08. The number of fused-ring (bicyclic) bond motifs is 1. The topological polar surface area (TPSA) is 82.5 Å². The number of hydrogen-bond donors (Lipinski definition) is 0. The Morgan fingerprint density at radius 2 is 1.88 bits per heavy atom. The Labute approximate surface area is 195 Å². The number of piperidine rings is 1. The van der Waals surface area contributed by atoms with Gasteiger partial charge in [0.15, 0.2) is 5.82 Å². The van der Waals surface area contributed by atoms with Crippen LogP contribution in [-0.2, 0) is 22.6 Å². The summed E-state index contributed by atoms with van der Waals surface area (Å²) in [6.07, 6.45) is 8.11. The molecule has 1 atom stereocenters. The van der Waals surface area contributed by atoms with E-state index in [2.05, 4.69) is 9.88 Å². The minimum Gasteiger partial charge on any atom is -0.331 e. The van der Waals surface area contributed by atoms with Gasteiger partial charge in [-0.1, -0.05) is 6.07 Å². The molecule has 0 spiro atoms. The normalized spacial score (nSPS) is 21.4. The number of rotatable bonds is 5. The summed E-state index contributed by atoms with van der Waals surface area (Å²) in [5, 5.41) is 0. The first-order valence-electron chi connectivity index (χ1n) is 12.2. The molecule has 174 valence electrons. The Balaban J connectivity index is 1.45. The highest BCUT2D eigenvalue weighted by molar-refractivity contribution is 5.95. The van der Waals surface area contributed by atoms with Gasteiger partial charge in [0.2, 0.25) is 11.8 Å². The molecule has 2 amide bonds. The molecule has 33 heavy (non-hydrogen) atoms. The van der Waals surface area contributed by atoms with Crippen molar-refractivity contribution in [1.29, 1.82) is 0 Å². The van der Waals surface area contributed by atoms with E-state index in [-0.39, 0.29) is 17.9 Å². The monoisotopic (exact) mass is 448 g/mol. The maximum atomic E-state index is 13.2. The molecule has 8 nitrogen and oxygen atoms in total. The molecule has 2 aromatic heterocycles. The largest absolute Gasteiger partial charge is 0.331 e. The first kappa shape index (κ1) is 21.9. The minimum absolute atomic E-state index is 0.0582. The highest BCUT2D eigenvalue weighted by atomic mass is 16.2. The minimum atomic E-state index is -0.133. The molecule has 1 unspecified atom stereocenters. The molecule has 0 aromatic carbocycles. The van der Waals surface area contributed by atoms with E-state index in [1.54, 1.807) is 11.1 Å². The van der Waals surface area contributed by atoms with E-state index in [0.717, 1.165) is 55.8 Å². The Morgan fingerprint density at radius 1 is 1.06 bits per heavy atom. The summed E-state index contributed by atoms with van der Waals surface area (Å²) in [6, 6.07) is 5.60. The van der Waals surface area contributed by atoms with Crippen molar-refractivity contribution in [2.75, 3.05) is 31.1 Å². The van der Waals surface area contributed by atoms with Crippen LogP contribution in [0.3, 0.4) is 0 Å². The van der Waals surface area contributed by atoms with Crippen molar-refractivity contribution in [3.8, 4) is 0 Å². The summed E-state index contributed by atoms with van der Waals surface area (Å²) >= 11 is 0. The number of nitrogens with zero attached hydrogens (tertiary/aromatic N) is 6. The summed E-state index contributed by atoms with van der Waals surface area (Å²) in [4.78, 5) is 46.3. The molecule has 0 aliphatic carbocycles. The van der Waals surface area contributed by atoms with Gasteiger partial charge in [-0.2, -0.15) is 0 Å². The van der Waals surface area contributed by atoms with Crippen molar-refractivity contribution in [3.05, 3.63) is 47.2 Å². The molecule has 3 aliphatic rings. The number of aryl methyl sites for hydroxylation is 1. The quantitative estimate of drug-likeness (QED) is 0.700. The van der Waals surface area contributed by atoms with Gasteiger partial charge in [-0.15, -0.1) is 0 Å². The second kappa shape index (κ2) is 9.55. The zero-order valence-corrected chi connectivity index (χ0v) is 19.4. The number of carbonyl (C=O) groups excluding carboxylic acids is 2. The van der Waals surface area contributed by atoms with E-state index in [4.69, 9.17) is 9.97 Å². The number of hydrogen-bond acceptors (Lipinski definition) is 6. The van der Waals surface area contributed by atoms with Crippen molar-refractivity contribution >= 4 is 17.6 Å². The van der Waals surface area contributed by atoms with E-state index in [1.807, 2.05) is 30.0 Å². The average Bonchev–Trinajstić information content (AvgIpc) is 3.34. The molecule has 2 aromatic rings. The first-order valence-corrected chi connectivity index (χ1v) is 12.2. The molecule has 0 radical (unpaired) electrons. The van der Waals surface area contributed by atoms with Gasteiger partial charge in [-0.05, 0) is 70.7 Å². The summed E-state index contributed by atoms with van der Waals surface area (Å²) in [7, 11) is 0. The van der Waals surface area contributed by atoms with Crippen LogP contribution < -0.4 is 4.90 Å². The van der Waals surface area contributed by atoms with Gasteiger partial charge in [-0.25, -0.2) is 9.97 Å². The fraction of sp³-hybridized carbons (Fsp3) is 0.560. The number of aromatic nitrogens is 3. The standard InChI is InChI=1S/C25H32N6O2/c1-18-20-10-11-22(32)31(16-19-8-2-4-12-26-19)25(20)28-24(27-18)21-9-3-5-15-30(21)23(33)17-29-13-6-7-14-29/h2,4,8,12,21H,3,5-7,9-11,13-17H2,1H3. The SMILES string of the molecule is Cc1nc(C2CCCCN2C(=O)CN2CCCC2)nc2c1CCC(=O)N2Cc1ccccn1. The lowest BCUT2D eigenvalue weighted by Gasteiger charge is -2.37. The Kier molecular flexibility index (Phi) is 6.35. The first-order chi connectivity index (χ1) is 16.1. The molecule has 0 saturated carbocycles. The van der Waals surface area contributed by atoms with E-state index in [1.165, 1.54) is 12.8 Å². The number of carbonyl (C=O) groups is 2. The number of amides is 2. The molecule has 5 rings (SSSR count). The highest BCUT2D eigenvalue weighted by Crippen LogP contribution is 2.34. The van der Waals surface area contributed by atoms with Gasteiger partial charge in [0, 0.05) is 30.4 Å². The maximum absolute atomic E-state index is 13.2. The summed E-state index contributed by atoms with van der Waals surface area (Å²) in [6.45, 7) is 5.62. The maximum Gasteiger partial charge on any atom is 0.237 e. The van der Waals surface area contributed by atoms with Crippen molar-refractivity contribution in [2.24, 2.45) is 0 Å². The van der Waals surface area contributed by atoms with E-state index >= 15 is 0 Å². The molecule has 2 fully saturated rings. The summed E-state index contributed by atoms with van der Waals surface area (Å²) in [5.74, 6) is 1.59. The summed E-state index contributed by atoms with van der Waals surface area (Å²) in [5.41, 5.74) is 2.77. The molecule has 3 aliphatic heterocycles. The van der Waals surface area contributed by atoms with Crippen LogP contribution in [0, 0.1) is 6.92 Å². The van der Waals surface area contributed by atoms with Gasteiger partial charge in [0.05, 0.1) is 24.8 Å². The number of anilines is 1. The average molecular weight is 449 g/mol. The summed E-state index contributed by atoms with van der Waals surface area (Å²) < 4.78 is 0. The van der Waals surface area contributed by atoms with Gasteiger partial charge in [0.25, 0.3) is 0 Å². The van der Waals surface area contributed by atoms with Crippen LogP contribution in [0.5, 0.6) is 0 Å². The lowest BCUT2D eigenvalue weighted by atomic mass is 9.99. The van der Waals surface area contributed by atoms with Crippen molar-refractivity contribution in [1.82, 2.24) is 24.8 Å². The second-order valence-electron chi connectivity index (χ2n) is 9.35. The molecule has 0 bridgehead atoms. The van der Waals surface area contributed by atoms with Crippen LogP contribution in [-0.4, -0.2) is 62.7 Å². The fourth-order valence-corrected chi connectivity index (χ4v) is 5.29. The van der Waals surface area contributed by atoms with Crippen LogP contribution in [0.15, 0.2) is 24.4 Å². The van der Waals surface area contributed by atoms with Crippen LogP contribution >= 0.6 is 0 Å². The van der Waals surface area contributed by atoms with Crippen LogP contribution in [0.25, 0.3) is 0 Å². The zero-order chi connectivity index (χ0) is 22.8. The molecule has 2 saturated heterocycles. The zero-order valence-electron chi connectivity index (χ0n) is 19.4. The third kappa shape index (κ3) is 4.62. The molecule has 5 heterocycles. The van der Waals surface area contributed by atoms with Gasteiger partial charge < -0.3 is 4.90 Å². The van der Waals surface area contributed by atoms with Crippen molar-refractivity contribution < 1.29 is 9.59 Å².